The van der Waals surface area contributed by atoms with Gasteiger partial charge in [-0.1, -0.05) is 32.9 Å². The van der Waals surface area contributed by atoms with Crippen molar-refractivity contribution in [1.82, 2.24) is 5.32 Å². The minimum Gasteiger partial charge on any atom is -0.497 e. The molecule has 0 aliphatic rings. The molecule has 1 unspecified atom stereocenters. The second kappa shape index (κ2) is 7.51. The summed E-state index contributed by atoms with van der Waals surface area (Å²) in [7, 11) is 1.68. The molecule has 0 amide bonds. The van der Waals surface area contributed by atoms with Gasteiger partial charge in [-0.15, -0.1) is 0 Å². The average molecular weight is 265 g/mol. The first-order valence-electron chi connectivity index (χ1n) is 7.11. The van der Waals surface area contributed by atoms with Gasteiger partial charge in [0.25, 0.3) is 0 Å². The van der Waals surface area contributed by atoms with Crippen LogP contribution in [0.1, 0.15) is 45.1 Å². The smallest absolute Gasteiger partial charge is 0.118 e. The normalized spacial score (nSPS) is 13.3. The van der Waals surface area contributed by atoms with E-state index < -0.39 is 5.60 Å². The van der Waals surface area contributed by atoms with Gasteiger partial charge in [0.1, 0.15) is 5.75 Å². The van der Waals surface area contributed by atoms with Crippen molar-refractivity contribution in [3.05, 3.63) is 29.8 Å². The van der Waals surface area contributed by atoms with Crippen molar-refractivity contribution in [3.63, 3.8) is 0 Å². The lowest BCUT2D eigenvalue weighted by Gasteiger charge is -2.26. The monoisotopic (exact) mass is 265 g/mol. The number of ether oxygens (including phenoxy) is 1. The van der Waals surface area contributed by atoms with Crippen LogP contribution in [0.2, 0.25) is 0 Å². The fourth-order valence-electron chi connectivity index (χ4n) is 2.07. The van der Waals surface area contributed by atoms with Gasteiger partial charge in [0, 0.05) is 13.1 Å². The Labute approximate surface area is 117 Å². The molecule has 0 saturated heterocycles. The molecule has 3 nitrogen and oxygen atoms in total. The largest absolute Gasteiger partial charge is 0.497 e. The van der Waals surface area contributed by atoms with E-state index in [1.165, 1.54) is 5.56 Å². The average Bonchev–Trinajstić information content (AvgIpc) is 2.47. The summed E-state index contributed by atoms with van der Waals surface area (Å²) < 4.78 is 5.16. The van der Waals surface area contributed by atoms with E-state index in [1.54, 1.807) is 7.11 Å². The van der Waals surface area contributed by atoms with E-state index in [-0.39, 0.29) is 0 Å². The van der Waals surface area contributed by atoms with E-state index in [0.29, 0.717) is 12.5 Å². The number of hydrogen-bond donors (Lipinski definition) is 2. The van der Waals surface area contributed by atoms with Gasteiger partial charge in [-0.2, -0.15) is 0 Å². The second-order valence-corrected chi connectivity index (χ2v) is 5.24. The molecule has 0 aromatic heterocycles. The molecule has 0 fully saturated rings. The molecule has 0 aliphatic heterocycles. The van der Waals surface area contributed by atoms with Crippen molar-refractivity contribution in [2.75, 3.05) is 20.2 Å². The highest BCUT2D eigenvalue weighted by Crippen LogP contribution is 2.19. The van der Waals surface area contributed by atoms with Crippen LogP contribution in [0.4, 0.5) is 0 Å². The first-order chi connectivity index (χ1) is 9.04. The SMILES string of the molecule is CCC(O)(CC)CNCC(C)c1ccc(OC)cc1. The predicted octanol–water partition coefficient (Wildman–Crippen LogP) is 2.94. The van der Waals surface area contributed by atoms with Crippen molar-refractivity contribution in [1.29, 1.82) is 0 Å². The molecule has 0 radical (unpaired) electrons. The molecule has 2 N–H and O–H groups in total. The zero-order valence-electron chi connectivity index (χ0n) is 12.6. The van der Waals surface area contributed by atoms with Crippen LogP contribution in [-0.2, 0) is 0 Å². The van der Waals surface area contributed by atoms with Gasteiger partial charge in [0.15, 0.2) is 0 Å². The Bertz CT molecular complexity index is 358. The van der Waals surface area contributed by atoms with Gasteiger partial charge in [-0.25, -0.2) is 0 Å². The first kappa shape index (κ1) is 16.0. The highest BCUT2D eigenvalue weighted by Gasteiger charge is 2.21. The van der Waals surface area contributed by atoms with Gasteiger partial charge in [0.2, 0.25) is 0 Å². The zero-order valence-corrected chi connectivity index (χ0v) is 12.6. The van der Waals surface area contributed by atoms with E-state index in [2.05, 4.69) is 24.4 Å². The number of nitrogens with one attached hydrogen (secondary N) is 1. The third kappa shape index (κ3) is 4.84. The molecule has 3 heteroatoms. The second-order valence-electron chi connectivity index (χ2n) is 5.24. The molecule has 1 aromatic rings. The fourth-order valence-corrected chi connectivity index (χ4v) is 2.07. The lowest BCUT2D eigenvalue weighted by Crippen LogP contribution is -2.40. The lowest BCUT2D eigenvalue weighted by atomic mass is 9.96. The molecule has 1 atom stereocenters. The van der Waals surface area contributed by atoms with Gasteiger partial charge >= 0.3 is 0 Å². The van der Waals surface area contributed by atoms with Crippen LogP contribution in [-0.4, -0.2) is 30.9 Å². The molecule has 0 heterocycles. The van der Waals surface area contributed by atoms with Gasteiger partial charge in [-0.05, 0) is 36.5 Å². The summed E-state index contributed by atoms with van der Waals surface area (Å²) in [6, 6.07) is 8.16. The summed E-state index contributed by atoms with van der Waals surface area (Å²) in [6.45, 7) is 7.76. The summed E-state index contributed by atoms with van der Waals surface area (Å²) >= 11 is 0. The topological polar surface area (TPSA) is 41.5 Å². The highest BCUT2D eigenvalue weighted by molar-refractivity contribution is 5.29. The fraction of sp³-hybridized carbons (Fsp3) is 0.625. The Kier molecular flexibility index (Phi) is 6.32. The van der Waals surface area contributed by atoms with Crippen LogP contribution in [0, 0.1) is 0 Å². The van der Waals surface area contributed by atoms with Crippen LogP contribution in [0.5, 0.6) is 5.75 Å². The maximum Gasteiger partial charge on any atom is 0.118 e. The summed E-state index contributed by atoms with van der Waals surface area (Å²) in [5.41, 5.74) is 0.712. The summed E-state index contributed by atoms with van der Waals surface area (Å²) in [5, 5.41) is 13.6. The molecular formula is C16H27NO2. The molecule has 0 bridgehead atoms. The van der Waals surface area contributed by atoms with Crippen LogP contribution in [0.15, 0.2) is 24.3 Å². The van der Waals surface area contributed by atoms with Crippen molar-refractivity contribution >= 4 is 0 Å². The number of benzene rings is 1. The third-order valence-electron chi connectivity index (χ3n) is 3.91. The van der Waals surface area contributed by atoms with E-state index in [0.717, 1.165) is 25.1 Å². The maximum absolute atomic E-state index is 10.2. The molecule has 1 rings (SSSR count). The summed E-state index contributed by atoms with van der Waals surface area (Å²) in [6.07, 6.45) is 1.57. The Morgan fingerprint density at radius 3 is 2.26 bits per heavy atom. The summed E-state index contributed by atoms with van der Waals surface area (Å²) in [5.74, 6) is 1.30. The Balaban J connectivity index is 2.44. The molecule has 0 saturated carbocycles. The number of aliphatic hydroxyl groups is 1. The Morgan fingerprint density at radius 1 is 1.21 bits per heavy atom. The molecule has 19 heavy (non-hydrogen) atoms. The molecule has 0 aliphatic carbocycles. The van der Waals surface area contributed by atoms with E-state index in [1.807, 2.05) is 26.0 Å². The first-order valence-corrected chi connectivity index (χ1v) is 7.11. The van der Waals surface area contributed by atoms with Gasteiger partial charge in [0.05, 0.1) is 12.7 Å². The van der Waals surface area contributed by atoms with Gasteiger partial charge in [-0.3, -0.25) is 0 Å². The van der Waals surface area contributed by atoms with E-state index >= 15 is 0 Å². The number of rotatable bonds is 8. The van der Waals surface area contributed by atoms with Crippen molar-refractivity contribution in [2.45, 2.75) is 45.1 Å². The Hall–Kier alpha value is -1.06. The Morgan fingerprint density at radius 2 is 1.79 bits per heavy atom. The van der Waals surface area contributed by atoms with Crippen LogP contribution < -0.4 is 10.1 Å². The van der Waals surface area contributed by atoms with Crippen LogP contribution in [0.25, 0.3) is 0 Å². The van der Waals surface area contributed by atoms with E-state index in [4.69, 9.17) is 4.74 Å². The van der Waals surface area contributed by atoms with Crippen molar-refractivity contribution in [2.24, 2.45) is 0 Å². The zero-order chi connectivity index (χ0) is 14.3. The third-order valence-corrected chi connectivity index (χ3v) is 3.91. The molecule has 1 aromatic carbocycles. The standard InChI is InChI=1S/C16H27NO2/c1-5-16(18,6-2)12-17-11-13(3)14-7-9-15(19-4)10-8-14/h7-10,13,17-18H,5-6,11-12H2,1-4H3. The summed E-state index contributed by atoms with van der Waals surface area (Å²) in [4.78, 5) is 0. The van der Waals surface area contributed by atoms with Crippen molar-refractivity contribution < 1.29 is 9.84 Å². The lowest BCUT2D eigenvalue weighted by molar-refractivity contribution is 0.0325. The number of methoxy groups -OCH3 is 1. The number of hydrogen-bond acceptors (Lipinski definition) is 3. The highest BCUT2D eigenvalue weighted by atomic mass is 16.5. The quantitative estimate of drug-likeness (QED) is 0.759. The predicted molar refractivity (Wildman–Crippen MR) is 79.8 cm³/mol. The molecule has 108 valence electrons. The molecule has 0 spiro atoms. The minimum atomic E-state index is -0.570. The van der Waals surface area contributed by atoms with Crippen molar-refractivity contribution in [3.8, 4) is 5.75 Å². The maximum atomic E-state index is 10.2. The minimum absolute atomic E-state index is 0.420. The van der Waals surface area contributed by atoms with Crippen LogP contribution >= 0.6 is 0 Å². The van der Waals surface area contributed by atoms with Gasteiger partial charge < -0.3 is 15.2 Å². The van der Waals surface area contributed by atoms with Crippen LogP contribution in [0.3, 0.4) is 0 Å². The molecular weight excluding hydrogens is 238 g/mol. The van der Waals surface area contributed by atoms with E-state index in [9.17, 15) is 5.11 Å².